The zero-order chi connectivity index (χ0) is 15.3. The highest BCUT2D eigenvalue weighted by molar-refractivity contribution is 5.37. The quantitative estimate of drug-likeness (QED) is 0.845. The molecule has 4 heteroatoms. The van der Waals surface area contributed by atoms with E-state index >= 15 is 0 Å². The van der Waals surface area contributed by atoms with E-state index in [0.29, 0.717) is 5.41 Å². The van der Waals surface area contributed by atoms with Crippen molar-refractivity contribution in [1.82, 2.24) is 15.5 Å². The van der Waals surface area contributed by atoms with Gasteiger partial charge in [0.15, 0.2) is 5.82 Å². The van der Waals surface area contributed by atoms with Gasteiger partial charge < -0.3 is 10.2 Å². The molecule has 0 aliphatic carbocycles. The topological polar surface area (TPSA) is 41.0 Å². The van der Waals surface area contributed by atoms with Gasteiger partial charge in [0.2, 0.25) is 0 Å². The molecule has 1 aromatic rings. The van der Waals surface area contributed by atoms with Crippen molar-refractivity contribution in [1.29, 1.82) is 0 Å². The average Bonchev–Trinajstić information content (AvgIpc) is 2.48. The van der Waals surface area contributed by atoms with Gasteiger partial charge in [-0.05, 0) is 49.3 Å². The number of hydrogen-bond acceptors (Lipinski definition) is 4. The van der Waals surface area contributed by atoms with E-state index in [2.05, 4.69) is 60.2 Å². The molecule has 21 heavy (non-hydrogen) atoms. The number of hydrogen-bond donors (Lipinski definition) is 1. The number of rotatable bonds is 5. The fraction of sp³-hybridized carbons (Fsp3) is 0.765. The Morgan fingerprint density at radius 3 is 2.43 bits per heavy atom. The molecule has 0 aromatic carbocycles. The van der Waals surface area contributed by atoms with Gasteiger partial charge in [-0.3, -0.25) is 0 Å². The van der Waals surface area contributed by atoms with Crippen molar-refractivity contribution in [3.63, 3.8) is 0 Å². The van der Waals surface area contributed by atoms with Gasteiger partial charge in [0, 0.05) is 19.6 Å². The summed E-state index contributed by atoms with van der Waals surface area (Å²) in [7, 11) is 0. The Bertz CT molecular complexity index is 413. The maximum Gasteiger partial charge on any atom is 0.151 e. The van der Waals surface area contributed by atoms with Crippen molar-refractivity contribution in [2.24, 2.45) is 11.3 Å². The van der Waals surface area contributed by atoms with Gasteiger partial charge in [0.05, 0.1) is 5.69 Å². The van der Waals surface area contributed by atoms with Crippen LogP contribution in [-0.2, 0) is 6.54 Å². The summed E-state index contributed by atoms with van der Waals surface area (Å²) in [5, 5.41) is 12.1. The third-order valence-corrected chi connectivity index (χ3v) is 4.48. The van der Waals surface area contributed by atoms with Gasteiger partial charge in [0.25, 0.3) is 0 Å². The van der Waals surface area contributed by atoms with Crippen molar-refractivity contribution in [3.05, 3.63) is 17.8 Å². The van der Waals surface area contributed by atoms with Crippen molar-refractivity contribution in [3.8, 4) is 0 Å². The molecular weight excluding hydrogens is 260 g/mol. The second kappa shape index (κ2) is 7.21. The molecule has 0 radical (unpaired) electrons. The minimum atomic E-state index is 0.423. The maximum absolute atomic E-state index is 4.40. The molecule has 4 nitrogen and oxygen atoms in total. The molecule has 1 N–H and O–H groups in total. The predicted octanol–water partition coefficient (Wildman–Crippen LogP) is 3.24. The Labute approximate surface area is 129 Å². The van der Waals surface area contributed by atoms with Gasteiger partial charge in [0.1, 0.15) is 0 Å². The Balaban J connectivity index is 1.86. The van der Waals surface area contributed by atoms with E-state index in [1.54, 1.807) is 0 Å². The molecule has 1 aromatic heterocycles. The standard InChI is InChI=1S/C17H30N4/c1-5-10-18-13-15-6-7-16(20-19-15)21-11-8-14(9-12-21)17(2,3)4/h6-7,14,18H,5,8-13H2,1-4H3. The zero-order valence-electron chi connectivity index (χ0n) is 14.0. The number of aromatic nitrogens is 2. The minimum Gasteiger partial charge on any atom is -0.355 e. The SMILES string of the molecule is CCCNCc1ccc(N2CCC(C(C)(C)C)CC2)nn1. The first kappa shape index (κ1) is 16.2. The van der Waals surface area contributed by atoms with Crippen LogP contribution in [0, 0.1) is 11.3 Å². The lowest BCUT2D eigenvalue weighted by Crippen LogP contribution is -2.38. The highest BCUT2D eigenvalue weighted by Gasteiger charge is 2.29. The first-order valence-corrected chi connectivity index (χ1v) is 8.29. The summed E-state index contributed by atoms with van der Waals surface area (Å²) in [5.41, 5.74) is 1.45. The lowest BCUT2D eigenvalue weighted by atomic mass is 9.75. The summed E-state index contributed by atoms with van der Waals surface area (Å²) in [5.74, 6) is 1.85. The fourth-order valence-electron chi connectivity index (χ4n) is 2.98. The molecule has 0 unspecified atom stereocenters. The van der Waals surface area contributed by atoms with Crippen molar-refractivity contribution in [2.75, 3.05) is 24.5 Å². The van der Waals surface area contributed by atoms with Gasteiger partial charge in [-0.15, -0.1) is 5.10 Å². The lowest BCUT2D eigenvalue weighted by molar-refractivity contribution is 0.198. The molecule has 0 spiro atoms. The Morgan fingerprint density at radius 1 is 1.19 bits per heavy atom. The maximum atomic E-state index is 4.40. The smallest absolute Gasteiger partial charge is 0.151 e. The van der Waals surface area contributed by atoms with Gasteiger partial charge in [-0.25, -0.2) is 0 Å². The number of piperidine rings is 1. The molecule has 0 amide bonds. The normalized spacial score (nSPS) is 17.2. The lowest BCUT2D eigenvalue weighted by Gasteiger charge is -2.39. The number of nitrogens with zero attached hydrogens (tertiary/aromatic N) is 3. The van der Waals surface area contributed by atoms with Gasteiger partial charge in [-0.1, -0.05) is 27.7 Å². The molecule has 1 aliphatic rings. The van der Waals surface area contributed by atoms with E-state index in [1.165, 1.54) is 12.8 Å². The summed E-state index contributed by atoms with van der Waals surface area (Å²) in [6.45, 7) is 13.3. The van der Waals surface area contributed by atoms with Crippen LogP contribution in [0.25, 0.3) is 0 Å². The van der Waals surface area contributed by atoms with Gasteiger partial charge >= 0.3 is 0 Å². The summed E-state index contributed by atoms with van der Waals surface area (Å²) in [4.78, 5) is 2.37. The van der Waals surface area contributed by atoms with Crippen molar-refractivity contribution >= 4 is 5.82 Å². The van der Waals surface area contributed by atoms with E-state index in [1.807, 2.05) is 0 Å². The Hall–Kier alpha value is -1.16. The van der Waals surface area contributed by atoms with Gasteiger partial charge in [-0.2, -0.15) is 5.10 Å². The van der Waals surface area contributed by atoms with Crippen LogP contribution in [0.4, 0.5) is 5.82 Å². The largest absolute Gasteiger partial charge is 0.355 e. The third-order valence-electron chi connectivity index (χ3n) is 4.48. The second-order valence-corrected chi connectivity index (χ2v) is 7.19. The molecule has 0 saturated carbocycles. The van der Waals surface area contributed by atoms with Crippen LogP contribution in [-0.4, -0.2) is 29.8 Å². The van der Waals surface area contributed by atoms with Crippen molar-refractivity contribution < 1.29 is 0 Å². The fourth-order valence-corrected chi connectivity index (χ4v) is 2.98. The molecule has 118 valence electrons. The number of anilines is 1. The monoisotopic (exact) mass is 290 g/mol. The Kier molecular flexibility index (Phi) is 5.57. The van der Waals surface area contributed by atoms with Crippen molar-refractivity contribution in [2.45, 2.75) is 53.5 Å². The van der Waals surface area contributed by atoms with Crippen LogP contribution in [0.15, 0.2) is 12.1 Å². The summed E-state index contributed by atoms with van der Waals surface area (Å²) >= 11 is 0. The van der Waals surface area contributed by atoms with Crippen LogP contribution in [0.3, 0.4) is 0 Å². The molecule has 1 fully saturated rings. The molecule has 0 bridgehead atoms. The summed E-state index contributed by atoms with van der Waals surface area (Å²) in [6, 6.07) is 4.22. The minimum absolute atomic E-state index is 0.423. The molecule has 2 heterocycles. The van der Waals surface area contributed by atoms with E-state index in [0.717, 1.165) is 50.0 Å². The van der Waals surface area contributed by atoms with E-state index in [-0.39, 0.29) is 0 Å². The van der Waals surface area contributed by atoms with Crippen LogP contribution in [0.2, 0.25) is 0 Å². The van der Waals surface area contributed by atoms with E-state index < -0.39 is 0 Å². The molecule has 1 saturated heterocycles. The van der Waals surface area contributed by atoms with Crippen LogP contribution >= 0.6 is 0 Å². The first-order chi connectivity index (χ1) is 10.0. The van der Waals surface area contributed by atoms with E-state index in [4.69, 9.17) is 0 Å². The highest BCUT2D eigenvalue weighted by Crippen LogP contribution is 2.35. The van der Waals surface area contributed by atoms with Crippen LogP contribution < -0.4 is 10.2 Å². The third kappa shape index (κ3) is 4.67. The van der Waals surface area contributed by atoms with Crippen LogP contribution in [0.5, 0.6) is 0 Å². The van der Waals surface area contributed by atoms with E-state index in [9.17, 15) is 0 Å². The molecule has 1 aliphatic heterocycles. The van der Waals surface area contributed by atoms with Crippen LogP contribution in [0.1, 0.15) is 52.7 Å². The number of nitrogens with one attached hydrogen (secondary N) is 1. The first-order valence-electron chi connectivity index (χ1n) is 8.29. The molecular formula is C17H30N4. The molecule has 2 rings (SSSR count). The highest BCUT2D eigenvalue weighted by atomic mass is 15.3. The summed E-state index contributed by atoms with van der Waals surface area (Å²) < 4.78 is 0. The summed E-state index contributed by atoms with van der Waals surface area (Å²) in [6.07, 6.45) is 3.66. The Morgan fingerprint density at radius 2 is 1.90 bits per heavy atom. The second-order valence-electron chi connectivity index (χ2n) is 7.19. The zero-order valence-corrected chi connectivity index (χ0v) is 14.0. The molecule has 0 atom stereocenters. The predicted molar refractivity (Wildman–Crippen MR) is 88.4 cm³/mol. The average molecular weight is 290 g/mol.